The molecule has 2 nitrogen and oxygen atoms in total. The maximum atomic E-state index is 9.79. The van der Waals surface area contributed by atoms with Crippen molar-refractivity contribution in [1.29, 1.82) is 0 Å². The number of fused-ring (bicyclic) bond motifs is 1. The van der Waals surface area contributed by atoms with Gasteiger partial charge < -0.3 is 9.84 Å². The molecular formula is C15H22O2. The van der Waals surface area contributed by atoms with E-state index in [0.29, 0.717) is 0 Å². The van der Waals surface area contributed by atoms with Crippen LogP contribution in [0.5, 0.6) is 5.75 Å². The van der Waals surface area contributed by atoms with Gasteiger partial charge in [0.05, 0.1) is 12.7 Å². The van der Waals surface area contributed by atoms with Gasteiger partial charge >= 0.3 is 0 Å². The first kappa shape index (κ1) is 12.4. The molecule has 0 radical (unpaired) electrons. The molecule has 0 saturated carbocycles. The molecule has 2 rings (SSSR count). The van der Waals surface area contributed by atoms with Crippen LogP contribution in [0.25, 0.3) is 0 Å². The minimum Gasteiger partial charge on any atom is -0.493 e. The molecule has 2 heteroatoms. The van der Waals surface area contributed by atoms with Crippen LogP contribution in [0.1, 0.15) is 50.3 Å². The van der Waals surface area contributed by atoms with Crippen LogP contribution in [0.15, 0.2) is 18.2 Å². The average molecular weight is 234 g/mol. The molecule has 0 spiro atoms. The van der Waals surface area contributed by atoms with Crippen molar-refractivity contribution in [2.24, 2.45) is 5.92 Å². The quantitative estimate of drug-likeness (QED) is 0.790. The highest BCUT2D eigenvalue weighted by Crippen LogP contribution is 2.36. The second kappa shape index (κ2) is 5.54. The first-order valence-electron chi connectivity index (χ1n) is 6.61. The Hall–Kier alpha value is -1.02. The largest absolute Gasteiger partial charge is 0.493 e. The van der Waals surface area contributed by atoms with Crippen LogP contribution in [-0.2, 0) is 6.42 Å². The molecule has 94 valence electrons. The summed E-state index contributed by atoms with van der Waals surface area (Å²) < 4.78 is 5.84. The normalized spacial score (nSPS) is 18.5. The van der Waals surface area contributed by atoms with Crippen LogP contribution < -0.4 is 4.74 Å². The summed E-state index contributed by atoms with van der Waals surface area (Å²) in [6, 6.07) is 6.01. The van der Waals surface area contributed by atoms with Crippen molar-refractivity contribution in [2.75, 3.05) is 6.61 Å². The fraction of sp³-hybridized carbons (Fsp3) is 0.600. The third kappa shape index (κ3) is 3.01. The summed E-state index contributed by atoms with van der Waals surface area (Å²) in [4.78, 5) is 0. The molecule has 1 unspecified atom stereocenters. The van der Waals surface area contributed by atoms with Crippen LogP contribution in [0.2, 0.25) is 0 Å². The number of hydrogen-bond acceptors (Lipinski definition) is 2. The van der Waals surface area contributed by atoms with Gasteiger partial charge in [-0.15, -0.1) is 0 Å². The summed E-state index contributed by atoms with van der Waals surface area (Å²) in [6.07, 6.45) is 3.80. The molecule has 0 heterocycles. The molecular weight excluding hydrogens is 212 g/mol. The van der Waals surface area contributed by atoms with E-state index in [2.05, 4.69) is 13.8 Å². The maximum absolute atomic E-state index is 9.79. The third-order valence-corrected chi connectivity index (χ3v) is 3.38. The monoisotopic (exact) mass is 234 g/mol. The Bertz CT molecular complexity index is 371. The van der Waals surface area contributed by atoms with E-state index >= 15 is 0 Å². The Balaban J connectivity index is 1.93. The van der Waals surface area contributed by atoms with Gasteiger partial charge in [0.1, 0.15) is 5.75 Å². The Morgan fingerprint density at radius 1 is 1.41 bits per heavy atom. The van der Waals surface area contributed by atoms with Crippen molar-refractivity contribution >= 4 is 0 Å². The SMILES string of the molecule is CC(C)CCCOc1cccc2c1CCC2O. The number of hydrogen-bond donors (Lipinski definition) is 1. The molecule has 1 aliphatic carbocycles. The van der Waals surface area contributed by atoms with Crippen LogP contribution in [0.3, 0.4) is 0 Å². The lowest BCUT2D eigenvalue weighted by Gasteiger charge is -2.12. The van der Waals surface area contributed by atoms with Gasteiger partial charge in [0, 0.05) is 5.56 Å². The standard InChI is InChI=1S/C15H22O2/c1-11(2)5-4-10-17-15-7-3-6-12-13(15)8-9-14(12)16/h3,6-7,11,14,16H,4-5,8-10H2,1-2H3. The Morgan fingerprint density at radius 2 is 2.24 bits per heavy atom. The van der Waals surface area contributed by atoms with Crippen molar-refractivity contribution in [3.05, 3.63) is 29.3 Å². The molecule has 1 atom stereocenters. The maximum Gasteiger partial charge on any atom is 0.122 e. The fourth-order valence-electron chi connectivity index (χ4n) is 2.41. The average Bonchev–Trinajstić information content (AvgIpc) is 2.67. The van der Waals surface area contributed by atoms with E-state index in [1.807, 2.05) is 18.2 Å². The zero-order valence-corrected chi connectivity index (χ0v) is 10.8. The van der Waals surface area contributed by atoms with Crippen LogP contribution >= 0.6 is 0 Å². The highest BCUT2D eigenvalue weighted by molar-refractivity contribution is 5.44. The Kier molecular flexibility index (Phi) is 4.06. The van der Waals surface area contributed by atoms with E-state index in [1.54, 1.807) is 0 Å². The third-order valence-electron chi connectivity index (χ3n) is 3.38. The summed E-state index contributed by atoms with van der Waals surface area (Å²) in [6.45, 7) is 5.25. The smallest absolute Gasteiger partial charge is 0.122 e. The van der Waals surface area contributed by atoms with Gasteiger partial charge in [0.25, 0.3) is 0 Å². The highest BCUT2D eigenvalue weighted by Gasteiger charge is 2.22. The van der Waals surface area contributed by atoms with Crippen LogP contribution in [0, 0.1) is 5.92 Å². The van der Waals surface area contributed by atoms with E-state index in [9.17, 15) is 5.11 Å². The molecule has 0 amide bonds. The van der Waals surface area contributed by atoms with Crippen molar-refractivity contribution in [2.45, 2.75) is 45.6 Å². The van der Waals surface area contributed by atoms with Gasteiger partial charge in [-0.2, -0.15) is 0 Å². The number of rotatable bonds is 5. The van der Waals surface area contributed by atoms with Crippen LogP contribution in [-0.4, -0.2) is 11.7 Å². The molecule has 0 fully saturated rings. The molecule has 1 aromatic carbocycles. The van der Waals surface area contributed by atoms with Gasteiger partial charge in [-0.1, -0.05) is 26.0 Å². The molecule has 0 aliphatic heterocycles. The van der Waals surface area contributed by atoms with Gasteiger partial charge in [0.2, 0.25) is 0 Å². The second-order valence-corrected chi connectivity index (χ2v) is 5.26. The van der Waals surface area contributed by atoms with Crippen molar-refractivity contribution in [3.63, 3.8) is 0 Å². The predicted molar refractivity (Wildman–Crippen MR) is 69.3 cm³/mol. The minimum absolute atomic E-state index is 0.288. The fourth-order valence-corrected chi connectivity index (χ4v) is 2.41. The summed E-state index contributed by atoms with van der Waals surface area (Å²) in [5.41, 5.74) is 2.27. The minimum atomic E-state index is -0.288. The first-order valence-corrected chi connectivity index (χ1v) is 6.61. The Morgan fingerprint density at radius 3 is 3.00 bits per heavy atom. The van der Waals surface area contributed by atoms with Gasteiger partial charge in [0.15, 0.2) is 0 Å². The summed E-state index contributed by atoms with van der Waals surface area (Å²) >= 11 is 0. The molecule has 0 bridgehead atoms. The number of benzene rings is 1. The number of aliphatic hydroxyl groups is 1. The lowest BCUT2D eigenvalue weighted by Crippen LogP contribution is -2.02. The van der Waals surface area contributed by atoms with Gasteiger partial charge in [-0.25, -0.2) is 0 Å². The van der Waals surface area contributed by atoms with E-state index < -0.39 is 0 Å². The van der Waals surface area contributed by atoms with E-state index in [4.69, 9.17) is 4.74 Å². The molecule has 0 saturated heterocycles. The second-order valence-electron chi connectivity index (χ2n) is 5.26. The van der Waals surface area contributed by atoms with Gasteiger partial charge in [-0.3, -0.25) is 0 Å². The van der Waals surface area contributed by atoms with Crippen molar-refractivity contribution < 1.29 is 9.84 Å². The first-order chi connectivity index (χ1) is 8.18. The predicted octanol–water partition coefficient (Wildman–Crippen LogP) is 3.48. The number of aliphatic hydroxyl groups excluding tert-OH is 1. The van der Waals surface area contributed by atoms with Crippen molar-refractivity contribution in [3.8, 4) is 5.75 Å². The Labute approximate surface area is 104 Å². The molecule has 1 aliphatic rings. The highest BCUT2D eigenvalue weighted by atomic mass is 16.5. The summed E-state index contributed by atoms with van der Waals surface area (Å²) in [5, 5.41) is 9.79. The lowest BCUT2D eigenvalue weighted by atomic mass is 10.1. The zero-order chi connectivity index (χ0) is 12.3. The van der Waals surface area contributed by atoms with E-state index in [0.717, 1.165) is 43.1 Å². The number of ether oxygens (including phenoxy) is 1. The summed E-state index contributed by atoms with van der Waals surface area (Å²) in [7, 11) is 0. The molecule has 1 aromatic rings. The zero-order valence-electron chi connectivity index (χ0n) is 10.8. The molecule has 1 N–H and O–H groups in total. The van der Waals surface area contributed by atoms with E-state index in [-0.39, 0.29) is 6.10 Å². The van der Waals surface area contributed by atoms with Gasteiger partial charge in [-0.05, 0) is 43.2 Å². The van der Waals surface area contributed by atoms with Crippen molar-refractivity contribution in [1.82, 2.24) is 0 Å². The lowest BCUT2D eigenvalue weighted by molar-refractivity contribution is 0.180. The summed E-state index contributed by atoms with van der Waals surface area (Å²) in [5.74, 6) is 1.71. The topological polar surface area (TPSA) is 29.5 Å². The van der Waals surface area contributed by atoms with E-state index in [1.165, 1.54) is 12.0 Å². The van der Waals surface area contributed by atoms with Crippen LogP contribution in [0.4, 0.5) is 0 Å². The molecule has 17 heavy (non-hydrogen) atoms. The molecule has 0 aromatic heterocycles.